The second kappa shape index (κ2) is 6.42. The zero-order valence-electron chi connectivity index (χ0n) is 17.5. The first-order valence-corrected chi connectivity index (χ1v) is 11.0. The summed E-state index contributed by atoms with van der Waals surface area (Å²) in [7, 11) is 0. The van der Waals surface area contributed by atoms with Crippen LogP contribution in [0, 0.1) is 23.6 Å². The summed E-state index contributed by atoms with van der Waals surface area (Å²) in [5.41, 5.74) is -0.819. The third-order valence-corrected chi connectivity index (χ3v) is 7.11. The predicted octanol–water partition coefficient (Wildman–Crippen LogP) is 5.95. The smallest absolute Gasteiger partial charge is 0.341 e. The normalized spacial score (nSPS) is 35.6. The van der Waals surface area contributed by atoms with Crippen LogP contribution in [0.25, 0.3) is 0 Å². The first-order valence-electron chi connectivity index (χ1n) is 11.0. The third-order valence-electron chi connectivity index (χ3n) is 7.11. The van der Waals surface area contributed by atoms with Gasteiger partial charge in [0.25, 0.3) is 0 Å². The Kier molecular flexibility index (Phi) is 4.28. The van der Waals surface area contributed by atoms with E-state index in [2.05, 4.69) is 0 Å². The molecule has 4 bridgehead atoms. The van der Waals surface area contributed by atoms with Crippen molar-refractivity contribution in [1.82, 2.24) is 0 Å². The van der Waals surface area contributed by atoms with Crippen molar-refractivity contribution in [2.24, 2.45) is 17.8 Å². The van der Waals surface area contributed by atoms with E-state index < -0.39 is 23.1 Å². The summed E-state index contributed by atoms with van der Waals surface area (Å²) in [5, 5.41) is 0. The predicted molar refractivity (Wildman–Crippen MR) is 105 cm³/mol. The molecule has 0 aliphatic heterocycles. The summed E-state index contributed by atoms with van der Waals surface area (Å²) in [6.45, 7) is 5.31. The van der Waals surface area contributed by atoms with Crippen LogP contribution in [0.5, 0.6) is 5.75 Å². The van der Waals surface area contributed by atoms with E-state index in [0.717, 1.165) is 31.2 Å². The van der Waals surface area contributed by atoms with Crippen molar-refractivity contribution in [2.75, 3.05) is 0 Å². The molecule has 2 unspecified atom stereocenters. The molecule has 0 aromatic heterocycles. The van der Waals surface area contributed by atoms with Gasteiger partial charge in [0.15, 0.2) is 0 Å². The van der Waals surface area contributed by atoms with Gasteiger partial charge < -0.3 is 9.47 Å². The minimum atomic E-state index is -1.01. The molecule has 5 fully saturated rings. The highest BCUT2D eigenvalue weighted by atomic mass is 19.1. The van der Waals surface area contributed by atoms with E-state index in [4.69, 9.17) is 9.47 Å². The lowest BCUT2D eigenvalue weighted by molar-refractivity contribution is -0.134. The van der Waals surface area contributed by atoms with Crippen molar-refractivity contribution in [2.45, 2.75) is 89.0 Å². The number of carbonyl (C=O) groups excluding carboxylic acids is 1. The summed E-state index contributed by atoms with van der Waals surface area (Å²) in [6, 6.07) is 2.99. The van der Waals surface area contributed by atoms with Crippen LogP contribution in [0.1, 0.15) is 87.6 Å². The molecule has 1 aromatic rings. The molecule has 0 amide bonds. The van der Waals surface area contributed by atoms with Gasteiger partial charge in [0.1, 0.15) is 28.9 Å². The van der Waals surface area contributed by atoms with Gasteiger partial charge in [-0.3, -0.25) is 0 Å². The quantitative estimate of drug-likeness (QED) is 0.582. The van der Waals surface area contributed by atoms with Gasteiger partial charge in [0.05, 0.1) is 5.56 Å². The fourth-order valence-electron chi connectivity index (χ4n) is 6.09. The minimum absolute atomic E-state index is 0.0260. The highest BCUT2D eigenvalue weighted by molar-refractivity contribution is 5.90. The Morgan fingerprint density at radius 3 is 2.31 bits per heavy atom. The van der Waals surface area contributed by atoms with E-state index in [1.54, 1.807) is 26.8 Å². The highest BCUT2D eigenvalue weighted by Crippen LogP contribution is 2.58. The Bertz CT molecular complexity index is 823. The number of benzene rings is 1. The van der Waals surface area contributed by atoms with E-state index in [1.807, 2.05) is 0 Å². The largest absolute Gasteiger partial charge is 0.489 e. The topological polar surface area (TPSA) is 35.5 Å². The molecule has 5 aliphatic rings. The van der Waals surface area contributed by atoms with E-state index in [-0.39, 0.29) is 23.5 Å². The average molecular weight is 404 g/mol. The van der Waals surface area contributed by atoms with Crippen LogP contribution in [-0.2, 0) is 4.74 Å². The van der Waals surface area contributed by atoms with Gasteiger partial charge in [-0.1, -0.05) is 0 Å². The third kappa shape index (κ3) is 3.66. The lowest BCUT2D eigenvalue weighted by Gasteiger charge is -2.56. The molecule has 6 rings (SSSR count). The number of esters is 1. The monoisotopic (exact) mass is 404 g/mol. The molecule has 29 heavy (non-hydrogen) atoms. The SMILES string of the molecule is CC(C)(C)OC(=O)c1cc(C2CC2)c(OC2C3CC4CC2CC(F)(C4)C3)cc1F. The molecule has 158 valence electrons. The van der Waals surface area contributed by atoms with Crippen LogP contribution in [-0.4, -0.2) is 23.3 Å². The summed E-state index contributed by atoms with van der Waals surface area (Å²) < 4.78 is 41.7. The molecule has 2 atom stereocenters. The van der Waals surface area contributed by atoms with E-state index in [1.165, 1.54) is 6.07 Å². The molecule has 3 nitrogen and oxygen atoms in total. The van der Waals surface area contributed by atoms with Gasteiger partial charge in [-0.25, -0.2) is 13.6 Å². The molecule has 0 radical (unpaired) electrons. The average Bonchev–Trinajstić information content (AvgIpc) is 3.40. The first-order chi connectivity index (χ1) is 13.6. The van der Waals surface area contributed by atoms with Gasteiger partial charge in [0.2, 0.25) is 0 Å². The van der Waals surface area contributed by atoms with Crippen molar-refractivity contribution in [1.29, 1.82) is 0 Å². The zero-order valence-corrected chi connectivity index (χ0v) is 17.5. The molecule has 0 saturated heterocycles. The standard InChI is InChI=1S/C24H30F2O3/c1-23(2,3)29-22(27)18-8-17(14-4-5-14)20(9-19(18)25)28-21-15-6-13-7-16(21)12-24(26,10-13)11-15/h8-9,13-16,21H,4-7,10-12H2,1-3H3. The Labute approximate surface area is 171 Å². The molecular formula is C24H30F2O3. The Morgan fingerprint density at radius 2 is 1.76 bits per heavy atom. The zero-order chi connectivity index (χ0) is 20.6. The Balaban J connectivity index is 1.42. The summed E-state index contributed by atoms with van der Waals surface area (Å²) in [6.07, 6.45) is 5.88. The van der Waals surface area contributed by atoms with Crippen LogP contribution in [0.2, 0.25) is 0 Å². The van der Waals surface area contributed by atoms with Gasteiger partial charge in [-0.2, -0.15) is 0 Å². The van der Waals surface area contributed by atoms with Crippen molar-refractivity contribution in [3.63, 3.8) is 0 Å². The van der Waals surface area contributed by atoms with Gasteiger partial charge >= 0.3 is 5.97 Å². The van der Waals surface area contributed by atoms with Crippen LogP contribution < -0.4 is 4.74 Å². The Hall–Kier alpha value is -1.65. The maximum atomic E-state index is 15.0. The van der Waals surface area contributed by atoms with Gasteiger partial charge in [-0.05, 0) is 101 Å². The number of alkyl halides is 1. The van der Waals surface area contributed by atoms with Crippen molar-refractivity contribution < 1.29 is 23.0 Å². The number of halogens is 2. The van der Waals surface area contributed by atoms with Gasteiger partial charge in [0, 0.05) is 6.07 Å². The molecule has 0 N–H and O–H groups in total. The van der Waals surface area contributed by atoms with Crippen LogP contribution in [0.4, 0.5) is 8.78 Å². The second-order valence-electron chi connectivity index (χ2n) is 10.8. The summed E-state index contributed by atoms with van der Waals surface area (Å²) in [4.78, 5) is 12.5. The number of hydrogen-bond donors (Lipinski definition) is 0. The second-order valence-corrected chi connectivity index (χ2v) is 10.8. The fraction of sp³-hybridized carbons (Fsp3) is 0.708. The van der Waals surface area contributed by atoms with E-state index in [0.29, 0.717) is 36.8 Å². The molecule has 5 heteroatoms. The maximum absolute atomic E-state index is 15.0. The lowest BCUT2D eigenvalue weighted by Crippen LogP contribution is -2.56. The van der Waals surface area contributed by atoms with E-state index in [9.17, 15) is 13.6 Å². The molecule has 1 aromatic carbocycles. The fourth-order valence-corrected chi connectivity index (χ4v) is 6.09. The van der Waals surface area contributed by atoms with Crippen molar-refractivity contribution >= 4 is 5.97 Å². The number of carbonyl (C=O) groups is 1. The summed E-state index contributed by atoms with van der Waals surface area (Å²) >= 11 is 0. The van der Waals surface area contributed by atoms with Crippen LogP contribution >= 0.6 is 0 Å². The number of hydrogen-bond acceptors (Lipinski definition) is 3. The van der Waals surface area contributed by atoms with Crippen molar-refractivity contribution in [3.8, 4) is 5.75 Å². The maximum Gasteiger partial charge on any atom is 0.341 e. The minimum Gasteiger partial charge on any atom is -0.489 e. The summed E-state index contributed by atoms with van der Waals surface area (Å²) in [5.74, 6) is 0.506. The van der Waals surface area contributed by atoms with Crippen LogP contribution in [0.3, 0.4) is 0 Å². The number of ether oxygens (including phenoxy) is 2. The number of rotatable bonds is 4. The lowest BCUT2D eigenvalue weighted by atomic mass is 9.53. The van der Waals surface area contributed by atoms with Crippen molar-refractivity contribution in [3.05, 3.63) is 29.1 Å². The molecule has 5 saturated carbocycles. The molecule has 5 aliphatic carbocycles. The molecular weight excluding hydrogens is 374 g/mol. The van der Waals surface area contributed by atoms with E-state index >= 15 is 0 Å². The Morgan fingerprint density at radius 1 is 1.10 bits per heavy atom. The first kappa shape index (κ1) is 19.3. The molecule has 0 spiro atoms. The highest BCUT2D eigenvalue weighted by Gasteiger charge is 2.57. The molecule has 0 heterocycles. The van der Waals surface area contributed by atoms with Gasteiger partial charge in [-0.15, -0.1) is 0 Å². The van der Waals surface area contributed by atoms with Crippen LogP contribution in [0.15, 0.2) is 12.1 Å².